The molecule has 6 heteroatoms. The van der Waals surface area contributed by atoms with Crippen LogP contribution in [0.4, 0.5) is 0 Å². The molecule has 0 radical (unpaired) electrons. The second kappa shape index (κ2) is 12.2. The standard InChI is InChI=1S/C18H24O6/c1-2-3-4-5-8-11-23-17(20)13-22-14-18(21)24-16-10-7-6-9-15(16)12-19/h6-7,9-10,12H,2-5,8,11,13-14H2,1H3. The van der Waals surface area contributed by atoms with E-state index in [-0.39, 0.29) is 17.9 Å². The summed E-state index contributed by atoms with van der Waals surface area (Å²) >= 11 is 0. The van der Waals surface area contributed by atoms with Gasteiger partial charge in [0.15, 0.2) is 6.29 Å². The SMILES string of the molecule is CCCCCCCOC(=O)COCC(=O)Oc1ccccc1C=O. The molecule has 132 valence electrons. The van der Waals surface area contributed by atoms with Gasteiger partial charge in [0.2, 0.25) is 0 Å². The van der Waals surface area contributed by atoms with Crippen molar-refractivity contribution in [3.8, 4) is 5.75 Å². The van der Waals surface area contributed by atoms with Crippen LogP contribution in [-0.2, 0) is 19.1 Å². The van der Waals surface area contributed by atoms with E-state index in [1.54, 1.807) is 12.1 Å². The number of carbonyl (C=O) groups is 3. The summed E-state index contributed by atoms with van der Waals surface area (Å²) in [5.74, 6) is -1.03. The van der Waals surface area contributed by atoms with Crippen molar-refractivity contribution in [2.75, 3.05) is 19.8 Å². The highest BCUT2D eigenvalue weighted by molar-refractivity contribution is 5.82. The van der Waals surface area contributed by atoms with Crippen molar-refractivity contribution in [3.63, 3.8) is 0 Å². The lowest BCUT2D eigenvalue weighted by Gasteiger charge is -2.07. The maximum atomic E-state index is 11.6. The third-order valence-corrected chi connectivity index (χ3v) is 3.22. The first kappa shape index (κ1) is 19.8. The average molecular weight is 336 g/mol. The number of hydrogen-bond donors (Lipinski definition) is 0. The Morgan fingerprint density at radius 1 is 1.00 bits per heavy atom. The molecule has 0 aliphatic heterocycles. The summed E-state index contributed by atoms with van der Waals surface area (Å²) in [4.78, 5) is 33.8. The van der Waals surface area contributed by atoms with Crippen LogP contribution in [0, 0.1) is 0 Å². The zero-order valence-electron chi connectivity index (χ0n) is 14.0. The van der Waals surface area contributed by atoms with Crippen LogP contribution in [-0.4, -0.2) is 38.0 Å². The third kappa shape index (κ3) is 8.43. The van der Waals surface area contributed by atoms with Crippen molar-refractivity contribution in [1.29, 1.82) is 0 Å². The number of carbonyl (C=O) groups excluding carboxylic acids is 3. The molecule has 24 heavy (non-hydrogen) atoms. The van der Waals surface area contributed by atoms with Gasteiger partial charge in [-0.25, -0.2) is 9.59 Å². The van der Waals surface area contributed by atoms with E-state index in [1.165, 1.54) is 25.0 Å². The van der Waals surface area contributed by atoms with Crippen LogP contribution in [0.15, 0.2) is 24.3 Å². The second-order valence-corrected chi connectivity index (χ2v) is 5.26. The molecule has 6 nitrogen and oxygen atoms in total. The maximum Gasteiger partial charge on any atom is 0.337 e. The number of rotatable bonds is 12. The van der Waals surface area contributed by atoms with Crippen LogP contribution in [0.3, 0.4) is 0 Å². The summed E-state index contributed by atoms with van der Waals surface area (Å²) in [6.07, 6.45) is 5.95. The van der Waals surface area contributed by atoms with E-state index in [0.717, 1.165) is 19.3 Å². The normalized spacial score (nSPS) is 10.2. The first-order chi connectivity index (χ1) is 11.7. The van der Waals surface area contributed by atoms with Crippen LogP contribution >= 0.6 is 0 Å². The minimum absolute atomic E-state index is 0.163. The van der Waals surface area contributed by atoms with Gasteiger partial charge in [-0.3, -0.25) is 4.79 Å². The van der Waals surface area contributed by atoms with Crippen LogP contribution in [0.2, 0.25) is 0 Å². The van der Waals surface area contributed by atoms with E-state index in [2.05, 4.69) is 6.92 Å². The fourth-order valence-corrected chi connectivity index (χ4v) is 1.97. The molecule has 0 aliphatic rings. The molecule has 1 aromatic rings. The largest absolute Gasteiger partial charge is 0.464 e. The Bertz CT molecular complexity index is 526. The molecule has 1 aromatic carbocycles. The van der Waals surface area contributed by atoms with Gasteiger partial charge in [-0.2, -0.15) is 0 Å². The molecule has 0 fully saturated rings. The molecule has 0 aromatic heterocycles. The predicted molar refractivity (Wildman–Crippen MR) is 88.0 cm³/mol. The Hall–Kier alpha value is -2.21. The van der Waals surface area contributed by atoms with Crippen LogP contribution in [0.1, 0.15) is 49.4 Å². The summed E-state index contributed by atoms with van der Waals surface area (Å²) in [5.41, 5.74) is 0.272. The number of ether oxygens (including phenoxy) is 3. The highest BCUT2D eigenvalue weighted by atomic mass is 16.6. The summed E-state index contributed by atoms with van der Waals surface area (Å²) in [5, 5.41) is 0. The quantitative estimate of drug-likeness (QED) is 0.253. The van der Waals surface area contributed by atoms with Gasteiger partial charge >= 0.3 is 11.9 Å². The molecule has 0 spiro atoms. The Morgan fingerprint density at radius 3 is 2.46 bits per heavy atom. The molecule has 0 amide bonds. The van der Waals surface area contributed by atoms with E-state index in [4.69, 9.17) is 14.2 Å². The zero-order valence-corrected chi connectivity index (χ0v) is 14.0. The Labute approximate surface area is 142 Å². The molecule has 0 aliphatic carbocycles. The van der Waals surface area contributed by atoms with Crippen molar-refractivity contribution in [2.45, 2.75) is 39.0 Å². The highest BCUT2D eigenvalue weighted by Gasteiger charge is 2.10. The number of hydrogen-bond acceptors (Lipinski definition) is 6. The van der Waals surface area contributed by atoms with Crippen molar-refractivity contribution in [2.24, 2.45) is 0 Å². The minimum Gasteiger partial charge on any atom is -0.464 e. The molecular formula is C18H24O6. The molecule has 0 saturated heterocycles. The van der Waals surface area contributed by atoms with E-state index in [1.807, 2.05) is 0 Å². The van der Waals surface area contributed by atoms with E-state index >= 15 is 0 Å². The number of esters is 2. The fourth-order valence-electron chi connectivity index (χ4n) is 1.97. The first-order valence-corrected chi connectivity index (χ1v) is 8.15. The molecule has 1 rings (SSSR count). The van der Waals surface area contributed by atoms with Crippen LogP contribution in [0.25, 0.3) is 0 Å². The lowest BCUT2D eigenvalue weighted by atomic mass is 10.2. The predicted octanol–water partition coefficient (Wildman–Crippen LogP) is 2.93. The smallest absolute Gasteiger partial charge is 0.337 e. The molecule has 0 unspecified atom stereocenters. The molecule has 0 bridgehead atoms. The first-order valence-electron chi connectivity index (χ1n) is 8.15. The Morgan fingerprint density at radius 2 is 1.71 bits per heavy atom. The summed E-state index contributed by atoms with van der Waals surface area (Å²) < 4.78 is 15.0. The lowest BCUT2D eigenvalue weighted by molar-refractivity contribution is -0.152. The zero-order chi connectivity index (χ0) is 17.6. The molecule has 0 atom stereocenters. The van der Waals surface area contributed by atoms with Crippen molar-refractivity contribution in [3.05, 3.63) is 29.8 Å². The second-order valence-electron chi connectivity index (χ2n) is 5.26. The number of para-hydroxylation sites is 1. The Balaban J connectivity index is 2.14. The van der Waals surface area contributed by atoms with Gasteiger partial charge in [0.05, 0.1) is 12.2 Å². The lowest BCUT2D eigenvalue weighted by Crippen LogP contribution is -2.20. The Kier molecular flexibility index (Phi) is 10.1. The van der Waals surface area contributed by atoms with Crippen molar-refractivity contribution < 1.29 is 28.6 Å². The monoisotopic (exact) mass is 336 g/mol. The molecular weight excluding hydrogens is 312 g/mol. The van der Waals surface area contributed by atoms with Crippen LogP contribution in [0.5, 0.6) is 5.75 Å². The van der Waals surface area contributed by atoms with Gasteiger partial charge in [-0.05, 0) is 18.6 Å². The molecule has 0 N–H and O–H groups in total. The minimum atomic E-state index is -0.684. The van der Waals surface area contributed by atoms with Crippen molar-refractivity contribution in [1.82, 2.24) is 0 Å². The van der Waals surface area contributed by atoms with Crippen molar-refractivity contribution >= 4 is 18.2 Å². The molecule has 0 heterocycles. The number of benzene rings is 1. The molecule has 0 saturated carbocycles. The number of unbranched alkanes of at least 4 members (excludes halogenated alkanes) is 4. The maximum absolute atomic E-state index is 11.6. The van der Waals surface area contributed by atoms with E-state index in [0.29, 0.717) is 12.9 Å². The van der Waals surface area contributed by atoms with Gasteiger partial charge in [-0.1, -0.05) is 44.7 Å². The summed E-state index contributed by atoms with van der Waals surface area (Å²) in [6, 6.07) is 6.35. The topological polar surface area (TPSA) is 78.9 Å². The van der Waals surface area contributed by atoms with Gasteiger partial charge in [0.25, 0.3) is 0 Å². The van der Waals surface area contributed by atoms with Gasteiger partial charge in [0.1, 0.15) is 19.0 Å². The van der Waals surface area contributed by atoms with Gasteiger partial charge in [-0.15, -0.1) is 0 Å². The van der Waals surface area contributed by atoms with E-state index in [9.17, 15) is 14.4 Å². The summed E-state index contributed by atoms with van der Waals surface area (Å²) in [6.45, 7) is 1.81. The summed E-state index contributed by atoms with van der Waals surface area (Å²) in [7, 11) is 0. The number of aldehydes is 1. The highest BCUT2D eigenvalue weighted by Crippen LogP contribution is 2.15. The van der Waals surface area contributed by atoms with Gasteiger partial charge in [0, 0.05) is 0 Å². The van der Waals surface area contributed by atoms with Crippen LogP contribution < -0.4 is 4.74 Å². The fraction of sp³-hybridized carbons (Fsp3) is 0.500. The van der Waals surface area contributed by atoms with E-state index < -0.39 is 18.5 Å². The average Bonchev–Trinajstić information content (AvgIpc) is 2.58. The van der Waals surface area contributed by atoms with Gasteiger partial charge < -0.3 is 14.2 Å². The third-order valence-electron chi connectivity index (χ3n) is 3.22.